The summed E-state index contributed by atoms with van der Waals surface area (Å²) in [5.41, 5.74) is 3.65. The zero-order chi connectivity index (χ0) is 21.5. The Morgan fingerprint density at radius 1 is 1.07 bits per heavy atom. The molecule has 0 spiro atoms. The maximum absolute atomic E-state index is 12.9. The molecule has 3 rings (SSSR count). The number of nitriles is 1. The molecule has 4 heteroatoms. The summed E-state index contributed by atoms with van der Waals surface area (Å²) in [4.78, 5) is 2.18. The van der Waals surface area contributed by atoms with Crippen molar-refractivity contribution in [2.75, 3.05) is 20.6 Å². The van der Waals surface area contributed by atoms with Gasteiger partial charge in [-0.2, -0.15) is 5.26 Å². The summed E-state index contributed by atoms with van der Waals surface area (Å²) in [7, 11) is 4.17. The molecule has 0 saturated heterocycles. The number of rotatable bonds is 3. The third-order valence-corrected chi connectivity index (χ3v) is 3.80. The van der Waals surface area contributed by atoms with Crippen LogP contribution in [0.15, 0.2) is 42.5 Å². The van der Waals surface area contributed by atoms with E-state index in [1.165, 1.54) is 25.1 Å². The minimum Gasteiger partial charge on any atom is -0.364 e. The first kappa shape index (κ1) is 25.8. The number of fused-ring (bicyclic) bond motifs is 1. The van der Waals surface area contributed by atoms with Crippen molar-refractivity contribution in [3.63, 3.8) is 0 Å². The molecule has 0 N–H and O–H groups in total. The third kappa shape index (κ3) is 8.21. The van der Waals surface area contributed by atoms with E-state index in [4.69, 9.17) is 10.00 Å². The molecule has 2 aromatic carbocycles. The fourth-order valence-electron chi connectivity index (χ4n) is 2.68. The van der Waals surface area contributed by atoms with Crippen molar-refractivity contribution >= 4 is 0 Å². The highest BCUT2D eigenvalue weighted by atomic mass is 19.1. The van der Waals surface area contributed by atoms with E-state index in [1.54, 1.807) is 18.2 Å². The monoisotopic (exact) mass is 386 g/mol. The summed E-state index contributed by atoms with van der Waals surface area (Å²) in [5, 5.41) is 8.85. The Morgan fingerprint density at radius 3 is 2.14 bits per heavy atom. The highest BCUT2D eigenvalue weighted by molar-refractivity contribution is 5.44. The first-order valence-electron chi connectivity index (χ1n) is 10.1. The minimum atomic E-state index is -0.253. The molecule has 1 aliphatic rings. The molecule has 2 aromatic rings. The predicted molar refractivity (Wildman–Crippen MR) is 116 cm³/mol. The summed E-state index contributed by atoms with van der Waals surface area (Å²) in [6.45, 7) is 11.9. The molecule has 0 aromatic heterocycles. The lowest BCUT2D eigenvalue weighted by atomic mass is 9.98. The van der Waals surface area contributed by atoms with Crippen LogP contribution in [0.3, 0.4) is 0 Å². The van der Waals surface area contributed by atoms with E-state index in [0.29, 0.717) is 12.2 Å². The number of halogens is 1. The zero-order valence-corrected chi connectivity index (χ0v) is 18.4. The molecule has 0 amide bonds. The number of benzene rings is 2. The van der Waals surface area contributed by atoms with Gasteiger partial charge in [-0.3, -0.25) is 0 Å². The molecule has 154 valence electrons. The van der Waals surface area contributed by atoms with E-state index < -0.39 is 0 Å². The Balaban J connectivity index is 0.000000622. The maximum Gasteiger partial charge on any atom is 0.123 e. The van der Waals surface area contributed by atoms with Gasteiger partial charge in [-0.15, -0.1) is 0 Å². The van der Waals surface area contributed by atoms with Gasteiger partial charge >= 0.3 is 0 Å². The van der Waals surface area contributed by atoms with Crippen LogP contribution in [-0.4, -0.2) is 25.5 Å². The molecule has 28 heavy (non-hydrogen) atoms. The van der Waals surface area contributed by atoms with Crippen LogP contribution in [0, 0.1) is 17.1 Å². The minimum absolute atomic E-state index is 0.159. The first-order valence-corrected chi connectivity index (χ1v) is 10.1. The van der Waals surface area contributed by atoms with Crippen LogP contribution >= 0.6 is 0 Å². The summed E-state index contributed by atoms with van der Waals surface area (Å²) in [5.74, 6) is -0.253. The zero-order valence-electron chi connectivity index (χ0n) is 18.4. The van der Waals surface area contributed by atoms with Gasteiger partial charge < -0.3 is 9.64 Å². The lowest BCUT2D eigenvalue weighted by Gasteiger charge is -2.11. The van der Waals surface area contributed by atoms with Crippen LogP contribution in [0.5, 0.6) is 0 Å². The second kappa shape index (κ2) is 14.8. The average Bonchev–Trinajstić information content (AvgIpc) is 3.15. The van der Waals surface area contributed by atoms with Gasteiger partial charge in [0.2, 0.25) is 0 Å². The third-order valence-electron chi connectivity index (χ3n) is 3.80. The number of ether oxygens (including phenoxy) is 1. The molecular weight excluding hydrogens is 351 g/mol. The van der Waals surface area contributed by atoms with Gasteiger partial charge in [0.05, 0.1) is 18.2 Å². The van der Waals surface area contributed by atoms with Crippen molar-refractivity contribution in [2.45, 2.75) is 53.8 Å². The quantitative estimate of drug-likeness (QED) is 0.618. The molecular formula is C24H35FN2O. The van der Waals surface area contributed by atoms with Gasteiger partial charge in [0, 0.05) is 0 Å². The average molecular weight is 387 g/mol. The Hall–Kier alpha value is -2.22. The smallest absolute Gasteiger partial charge is 0.123 e. The molecule has 0 saturated carbocycles. The van der Waals surface area contributed by atoms with Crippen LogP contribution in [0.2, 0.25) is 0 Å². The van der Waals surface area contributed by atoms with E-state index in [-0.39, 0.29) is 11.9 Å². The van der Waals surface area contributed by atoms with Gasteiger partial charge in [0.15, 0.2) is 0 Å². The second-order valence-corrected chi connectivity index (χ2v) is 6.07. The molecule has 1 heterocycles. The SMILES string of the molecule is CC.CC.CCCN(C)C.N#Cc1ccc2c(c1)COC2c1ccc(F)cc1. The maximum atomic E-state index is 12.9. The molecule has 0 fully saturated rings. The van der Waals surface area contributed by atoms with E-state index in [9.17, 15) is 4.39 Å². The summed E-state index contributed by atoms with van der Waals surface area (Å²) in [6.07, 6.45) is 1.10. The number of hydrogen-bond donors (Lipinski definition) is 0. The Morgan fingerprint density at radius 2 is 1.68 bits per heavy atom. The van der Waals surface area contributed by atoms with Crippen molar-refractivity contribution in [2.24, 2.45) is 0 Å². The van der Waals surface area contributed by atoms with Gasteiger partial charge in [-0.25, -0.2) is 4.39 Å². The van der Waals surface area contributed by atoms with Crippen molar-refractivity contribution in [1.29, 1.82) is 5.26 Å². The van der Waals surface area contributed by atoms with E-state index in [0.717, 1.165) is 16.7 Å². The van der Waals surface area contributed by atoms with Gasteiger partial charge in [-0.1, -0.05) is 52.8 Å². The van der Waals surface area contributed by atoms with Gasteiger partial charge in [-0.05, 0) is 68.0 Å². The highest BCUT2D eigenvalue weighted by Gasteiger charge is 2.24. The molecule has 3 nitrogen and oxygen atoms in total. The van der Waals surface area contributed by atoms with Crippen molar-refractivity contribution in [3.05, 3.63) is 70.5 Å². The summed E-state index contributed by atoms with van der Waals surface area (Å²) < 4.78 is 18.6. The van der Waals surface area contributed by atoms with E-state index in [2.05, 4.69) is 32.0 Å². The van der Waals surface area contributed by atoms with Crippen LogP contribution < -0.4 is 0 Å². The lowest BCUT2D eigenvalue weighted by molar-refractivity contribution is 0.0939. The highest BCUT2D eigenvalue weighted by Crippen LogP contribution is 2.36. The van der Waals surface area contributed by atoms with Gasteiger partial charge in [0.1, 0.15) is 11.9 Å². The standard InChI is InChI=1S/C15H10FNO.C5H13N.2C2H6/c16-13-4-2-11(3-5-13)15-14-6-1-10(8-17)7-12(14)9-18-15;1-4-5-6(2)3;2*1-2/h1-7,15H,9H2;4-5H2,1-3H3;2*1-2H3. The van der Waals surface area contributed by atoms with E-state index >= 15 is 0 Å². The van der Waals surface area contributed by atoms with Crippen LogP contribution in [0.1, 0.15) is 69.4 Å². The van der Waals surface area contributed by atoms with Crippen molar-refractivity contribution in [3.8, 4) is 6.07 Å². The van der Waals surface area contributed by atoms with Crippen LogP contribution in [-0.2, 0) is 11.3 Å². The normalized spacial score (nSPS) is 13.6. The molecule has 1 unspecified atom stereocenters. The molecule has 0 aliphatic carbocycles. The topological polar surface area (TPSA) is 36.3 Å². The summed E-state index contributed by atoms with van der Waals surface area (Å²) >= 11 is 0. The van der Waals surface area contributed by atoms with Crippen molar-refractivity contribution < 1.29 is 9.13 Å². The van der Waals surface area contributed by atoms with Crippen molar-refractivity contribution in [1.82, 2.24) is 4.90 Å². The first-order chi connectivity index (χ1) is 13.5. The Kier molecular flexibility index (Phi) is 13.6. The fraction of sp³-hybridized carbons (Fsp3) is 0.458. The largest absolute Gasteiger partial charge is 0.364 e. The number of hydrogen-bond acceptors (Lipinski definition) is 3. The lowest BCUT2D eigenvalue weighted by Crippen LogP contribution is -2.11. The fourth-order valence-corrected chi connectivity index (χ4v) is 2.68. The van der Waals surface area contributed by atoms with Crippen LogP contribution in [0.25, 0.3) is 0 Å². The molecule has 1 atom stereocenters. The Labute approximate surface area is 170 Å². The molecule has 1 aliphatic heterocycles. The molecule has 0 radical (unpaired) electrons. The van der Waals surface area contributed by atoms with E-state index in [1.807, 2.05) is 39.8 Å². The Bertz CT molecular complexity index is 706. The molecule has 0 bridgehead atoms. The number of nitrogens with zero attached hydrogens (tertiary/aromatic N) is 2. The van der Waals surface area contributed by atoms with Crippen LogP contribution in [0.4, 0.5) is 4.39 Å². The second-order valence-electron chi connectivity index (χ2n) is 6.07. The predicted octanol–water partition coefficient (Wildman–Crippen LogP) is 6.33. The van der Waals surface area contributed by atoms with Gasteiger partial charge in [0.25, 0.3) is 0 Å². The summed E-state index contributed by atoms with van der Waals surface area (Å²) in [6, 6.07) is 14.0.